The summed E-state index contributed by atoms with van der Waals surface area (Å²) in [7, 11) is 0. The third kappa shape index (κ3) is 3.47. The molecule has 0 bridgehead atoms. The second kappa shape index (κ2) is 7.56. The minimum Gasteiger partial charge on any atom is -0.467 e. The predicted molar refractivity (Wildman–Crippen MR) is 107 cm³/mol. The van der Waals surface area contributed by atoms with Crippen molar-refractivity contribution in [3.05, 3.63) is 84.3 Å². The molecule has 1 amide bonds. The zero-order chi connectivity index (χ0) is 19.5. The molecule has 1 heterocycles. The van der Waals surface area contributed by atoms with Crippen molar-refractivity contribution in [1.29, 1.82) is 0 Å². The van der Waals surface area contributed by atoms with Gasteiger partial charge in [-0.2, -0.15) is 0 Å². The number of amides is 1. The van der Waals surface area contributed by atoms with E-state index in [-0.39, 0.29) is 12.5 Å². The highest BCUT2D eigenvalue weighted by Crippen LogP contribution is 2.29. The number of benzene rings is 3. The zero-order valence-electron chi connectivity index (χ0n) is 15.3. The predicted octanol–water partition coefficient (Wildman–Crippen LogP) is 4.45. The lowest BCUT2D eigenvalue weighted by molar-refractivity contribution is -0.129. The maximum atomic E-state index is 13.0. The molecule has 5 nitrogen and oxygen atoms in total. The molecule has 0 aliphatic carbocycles. The molecule has 1 atom stereocenters. The molecule has 1 aromatic heterocycles. The number of esters is 1. The lowest BCUT2D eigenvalue weighted by Crippen LogP contribution is -2.35. The second-order valence-electron chi connectivity index (χ2n) is 6.54. The Morgan fingerprint density at radius 2 is 1.61 bits per heavy atom. The fourth-order valence-corrected chi connectivity index (χ4v) is 3.24. The summed E-state index contributed by atoms with van der Waals surface area (Å²) in [5, 5.41) is 6.20. The number of fused-ring (bicyclic) bond motifs is 2. The topological polar surface area (TPSA) is 68.5 Å². The number of hydrogen-bond donors (Lipinski definition) is 1. The molecule has 3 aromatic carbocycles. The van der Waals surface area contributed by atoms with Gasteiger partial charge in [-0.1, -0.05) is 48.5 Å². The van der Waals surface area contributed by atoms with Gasteiger partial charge in [-0.15, -0.1) is 0 Å². The van der Waals surface area contributed by atoms with E-state index in [0.717, 1.165) is 21.5 Å². The fourth-order valence-electron chi connectivity index (χ4n) is 3.24. The van der Waals surface area contributed by atoms with Crippen molar-refractivity contribution in [2.24, 2.45) is 0 Å². The Bertz CT molecular complexity index is 1090. The van der Waals surface area contributed by atoms with Crippen LogP contribution in [0.2, 0.25) is 0 Å². The van der Waals surface area contributed by atoms with Gasteiger partial charge in [0.2, 0.25) is 0 Å². The van der Waals surface area contributed by atoms with Crippen molar-refractivity contribution in [3.8, 4) is 0 Å². The first kappa shape index (κ1) is 17.8. The van der Waals surface area contributed by atoms with Crippen LogP contribution in [-0.2, 0) is 16.1 Å². The molecule has 4 aromatic rings. The van der Waals surface area contributed by atoms with E-state index in [0.29, 0.717) is 11.3 Å². The molecule has 0 radical (unpaired) electrons. The Labute approximate surface area is 161 Å². The third-order valence-corrected chi connectivity index (χ3v) is 4.65. The van der Waals surface area contributed by atoms with Gasteiger partial charge in [0.25, 0.3) is 5.91 Å². The zero-order valence-corrected chi connectivity index (χ0v) is 15.3. The summed E-state index contributed by atoms with van der Waals surface area (Å²) >= 11 is 0. The first-order valence-electron chi connectivity index (χ1n) is 9.05. The van der Waals surface area contributed by atoms with Crippen LogP contribution in [0.1, 0.15) is 23.0 Å². The van der Waals surface area contributed by atoms with Crippen LogP contribution < -0.4 is 5.32 Å². The summed E-state index contributed by atoms with van der Waals surface area (Å²) < 4.78 is 10.7. The number of rotatable bonds is 5. The van der Waals surface area contributed by atoms with Crippen LogP contribution in [0.4, 0.5) is 0 Å². The molecule has 0 aliphatic heterocycles. The van der Waals surface area contributed by atoms with Crippen LogP contribution in [-0.4, -0.2) is 18.0 Å². The number of nitrogens with one attached hydrogen (secondary N) is 1. The van der Waals surface area contributed by atoms with Gasteiger partial charge in [0.1, 0.15) is 5.76 Å². The van der Waals surface area contributed by atoms with Crippen LogP contribution in [0.25, 0.3) is 21.5 Å². The Morgan fingerprint density at radius 1 is 0.964 bits per heavy atom. The molecule has 0 spiro atoms. The highest BCUT2D eigenvalue weighted by atomic mass is 16.5. The van der Waals surface area contributed by atoms with Crippen LogP contribution in [0.5, 0.6) is 0 Å². The average Bonchev–Trinajstić information content (AvgIpc) is 3.23. The first-order chi connectivity index (χ1) is 13.6. The second-order valence-corrected chi connectivity index (χ2v) is 6.54. The molecule has 0 unspecified atom stereocenters. The summed E-state index contributed by atoms with van der Waals surface area (Å²) in [6, 6.07) is 20.9. The molecule has 0 aliphatic rings. The lowest BCUT2D eigenvalue weighted by Gasteiger charge is -2.15. The number of furan rings is 1. The molecule has 28 heavy (non-hydrogen) atoms. The van der Waals surface area contributed by atoms with Crippen LogP contribution >= 0.6 is 0 Å². The molecule has 140 valence electrons. The monoisotopic (exact) mass is 373 g/mol. The first-order valence-corrected chi connectivity index (χ1v) is 9.05. The van der Waals surface area contributed by atoms with Crippen molar-refractivity contribution < 1.29 is 18.7 Å². The van der Waals surface area contributed by atoms with E-state index in [2.05, 4.69) is 5.32 Å². The van der Waals surface area contributed by atoms with E-state index in [1.165, 1.54) is 6.26 Å². The fraction of sp³-hybridized carbons (Fsp3) is 0.130. The van der Waals surface area contributed by atoms with Gasteiger partial charge >= 0.3 is 5.97 Å². The molecule has 0 saturated heterocycles. The van der Waals surface area contributed by atoms with E-state index in [1.54, 1.807) is 19.1 Å². The Morgan fingerprint density at radius 3 is 2.21 bits per heavy atom. The number of carbonyl (C=O) groups excluding carboxylic acids is 2. The van der Waals surface area contributed by atoms with E-state index in [1.807, 2.05) is 54.6 Å². The highest BCUT2D eigenvalue weighted by Gasteiger charge is 2.22. The molecule has 0 fully saturated rings. The van der Waals surface area contributed by atoms with Crippen molar-refractivity contribution in [3.63, 3.8) is 0 Å². The van der Waals surface area contributed by atoms with Gasteiger partial charge in [0, 0.05) is 0 Å². The smallest absolute Gasteiger partial charge is 0.340 e. The van der Waals surface area contributed by atoms with E-state index in [9.17, 15) is 9.59 Å². The van der Waals surface area contributed by atoms with Gasteiger partial charge in [-0.25, -0.2) is 4.79 Å². The maximum absolute atomic E-state index is 13.0. The maximum Gasteiger partial charge on any atom is 0.340 e. The van der Waals surface area contributed by atoms with Crippen molar-refractivity contribution in [1.82, 2.24) is 5.32 Å². The van der Waals surface area contributed by atoms with Gasteiger partial charge < -0.3 is 14.5 Å². The minimum absolute atomic E-state index is 0.241. The van der Waals surface area contributed by atoms with Gasteiger partial charge in [-0.05, 0) is 46.7 Å². The number of hydrogen-bond acceptors (Lipinski definition) is 4. The molecule has 1 N–H and O–H groups in total. The standard InChI is InChI=1S/C23H19NO4/c1-15(22(25)24-14-18-9-6-12-27-18)28-23(26)21-19-10-4-2-7-16(19)13-17-8-3-5-11-20(17)21/h2-13,15H,14H2,1H3,(H,24,25)/t15-/m0/s1. The third-order valence-electron chi connectivity index (χ3n) is 4.65. The van der Waals surface area contributed by atoms with Crippen LogP contribution in [0, 0.1) is 0 Å². The number of carbonyl (C=O) groups is 2. The minimum atomic E-state index is -0.930. The molecule has 0 saturated carbocycles. The Kier molecular flexibility index (Phi) is 4.81. The summed E-state index contributed by atoms with van der Waals surface area (Å²) in [5.41, 5.74) is 0.472. The quantitative estimate of drug-likeness (QED) is 0.415. The van der Waals surface area contributed by atoms with E-state index < -0.39 is 12.1 Å². The van der Waals surface area contributed by atoms with Crippen molar-refractivity contribution >= 4 is 33.4 Å². The molecule has 4 rings (SSSR count). The van der Waals surface area contributed by atoms with Gasteiger partial charge in [0.05, 0.1) is 18.4 Å². The molecular formula is C23H19NO4. The van der Waals surface area contributed by atoms with Crippen LogP contribution in [0.15, 0.2) is 77.4 Å². The summed E-state index contributed by atoms with van der Waals surface area (Å²) in [6.45, 7) is 1.80. The number of ether oxygens (including phenoxy) is 1. The van der Waals surface area contributed by atoms with Crippen molar-refractivity contribution in [2.45, 2.75) is 19.6 Å². The largest absolute Gasteiger partial charge is 0.467 e. The molecule has 5 heteroatoms. The summed E-state index contributed by atoms with van der Waals surface area (Å²) in [4.78, 5) is 25.3. The molecular weight excluding hydrogens is 354 g/mol. The Hall–Kier alpha value is -3.60. The van der Waals surface area contributed by atoms with E-state index in [4.69, 9.17) is 9.15 Å². The Balaban J connectivity index is 1.60. The SMILES string of the molecule is C[C@H](OC(=O)c1c2ccccc2cc2ccccc12)C(=O)NCc1ccco1. The summed E-state index contributed by atoms with van der Waals surface area (Å²) in [6.07, 6.45) is 0.608. The normalized spacial score (nSPS) is 12.0. The highest BCUT2D eigenvalue weighted by molar-refractivity contribution is 6.16. The lowest BCUT2D eigenvalue weighted by atomic mass is 9.97. The average molecular weight is 373 g/mol. The van der Waals surface area contributed by atoms with Gasteiger partial charge in [-0.3, -0.25) is 4.79 Å². The summed E-state index contributed by atoms with van der Waals surface area (Å²) in [5.74, 6) is -0.269. The van der Waals surface area contributed by atoms with Gasteiger partial charge in [0.15, 0.2) is 6.10 Å². The van der Waals surface area contributed by atoms with Crippen LogP contribution in [0.3, 0.4) is 0 Å². The van der Waals surface area contributed by atoms with E-state index >= 15 is 0 Å². The van der Waals surface area contributed by atoms with Crippen molar-refractivity contribution in [2.75, 3.05) is 0 Å².